The van der Waals surface area contributed by atoms with E-state index in [1.165, 1.54) is 30.5 Å². The standard InChI is InChI=1S/2C10H9N3O4/c1-2-12-5-7(6-14)10(11-12)8-3-4-9(17-8)13(15)16;1-2-12-10(7(6-14)5-11-12)8-3-4-9(17-8)13(15)16/h2*3-6H,2H2,1H3. The van der Waals surface area contributed by atoms with Gasteiger partial charge in [-0.15, -0.1) is 0 Å². The molecule has 0 aliphatic rings. The number of hydrogen-bond donors (Lipinski definition) is 0. The van der Waals surface area contributed by atoms with Gasteiger partial charge in [-0.1, -0.05) is 0 Å². The number of rotatable bonds is 8. The third kappa shape index (κ3) is 4.79. The Morgan fingerprint density at radius 3 is 2.00 bits per heavy atom. The number of aromatic nitrogens is 4. The summed E-state index contributed by atoms with van der Waals surface area (Å²) < 4.78 is 13.2. The highest BCUT2D eigenvalue weighted by molar-refractivity contribution is 5.84. The number of carbonyl (C=O) groups excluding carboxylic acids is 2. The summed E-state index contributed by atoms with van der Waals surface area (Å²) in [6.07, 6.45) is 4.25. The van der Waals surface area contributed by atoms with Gasteiger partial charge in [0, 0.05) is 19.3 Å². The van der Waals surface area contributed by atoms with E-state index < -0.39 is 9.85 Å². The van der Waals surface area contributed by atoms with Crippen LogP contribution in [0.4, 0.5) is 11.8 Å². The number of hydrogen-bond acceptors (Lipinski definition) is 10. The zero-order valence-corrected chi connectivity index (χ0v) is 18.0. The van der Waals surface area contributed by atoms with Crippen LogP contribution in [0.25, 0.3) is 22.9 Å². The van der Waals surface area contributed by atoms with Gasteiger partial charge in [0.05, 0.1) is 29.5 Å². The van der Waals surface area contributed by atoms with Crippen LogP contribution in [0.15, 0.2) is 45.5 Å². The van der Waals surface area contributed by atoms with E-state index >= 15 is 0 Å². The molecule has 14 heteroatoms. The van der Waals surface area contributed by atoms with E-state index in [9.17, 15) is 29.8 Å². The van der Waals surface area contributed by atoms with Gasteiger partial charge in [0.2, 0.25) is 0 Å². The maximum absolute atomic E-state index is 10.8. The van der Waals surface area contributed by atoms with Crippen molar-refractivity contribution < 1.29 is 28.3 Å². The van der Waals surface area contributed by atoms with Crippen molar-refractivity contribution in [3.63, 3.8) is 0 Å². The Balaban J connectivity index is 0.000000191. The van der Waals surface area contributed by atoms with E-state index in [1.807, 2.05) is 13.8 Å². The van der Waals surface area contributed by atoms with Crippen molar-refractivity contribution in [1.29, 1.82) is 0 Å². The smallest absolute Gasteiger partial charge is 0.399 e. The van der Waals surface area contributed by atoms with Crippen LogP contribution in [0.3, 0.4) is 0 Å². The van der Waals surface area contributed by atoms with Crippen molar-refractivity contribution >= 4 is 24.3 Å². The molecule has 0 saturated carbocycles. The van der Waals surface area contributed by atoms with Crippen LogP contribution in [-0.4, -0.2) is 42.0 Å². The van der Waals surface area contributed by atoms with Crippen molar-refractivity contribution in [3.8, 4) is 22.9 Å². The van der Waals surface area contributed by atoms with Gasteiger partial charge in [-0.25, -0.2) is 0 Å². The number of furan rings is 2. The lowest BCUT2D eigenvalue weighted by Gasteiger charge is -2.01. The molecule has 4 heterocycles. The Labute approximate surface area is 190 Å². The summed E-state index contributed by atoms with van der Waals surface area (Å²) >= 11 is 0. The topological polar surface area (TPSA) is 182 Å². The molecule has 14 nitrogen and oxygen atoms in total. The first-order valence-electron chi connectivity index (χ1n) is 9.85. The first-order valence-corrected chi connectivity index (χ1v) is 9.85. The van der Waals surface area contributed by atoms with Gasteiger partial charge in [0.15, 0.2) is 24.1 Å². The van der Waals surface area contributed by atoms with E-state index in [-0.39, 0.29) is 23.3 Å². The molecule has 0 saturated heterocycles. The highest BCUT2D eigenvalue weighted by atomic mass is 16.7. The second-order valence-electron chi connectivity index (χ2n) is 6.58. The molecule has 0 spiro atoms. The molecule has 0 fully saturated rings. The lowest BCUT2D eigenvalue weighted by Crippen LogP contribution is -1.99. The summed E-state index contributed by atoms with van der Waals surface area (Å²) in [5.41, 5.74) is 1.46. The van der Waals surface area contributed by atoms with Crippen molar-refractivity contribution in [2.24, 2.45) is 0 Å². The van der Waals surface area contributed by atoms with Gasteiger partial charge in [0.25, 0.3) is 0 Å². The lowest BCUT2D eigenvalue weighted by atomic mass is 10.2. The quantitative estimate of drug-likeness (QED) is 0.209. The Kier molecular flexibility index (Phi) is 7.10. The van der Waals surface area contributed by atoms with Crippen LogP contribution in [-0.2, 0) is 13.1 Å². The van der Waals surface area contributed by atoms with Crippen molar-refractivity contribution in [2.45, 2.75) is 26.9 Å². The molecule has 0 amide bonds. The van der Waals surface area contributed by atoms with E-state index in [0.717, 1.165) is 0 Å². The van der Waals surface area contributed by atoms with Gasteiger partial charge in [-0.3, -0.25) is 39.2 Å². The Hall–Kier alpha value is -4.88. The maximum Gasteiger partial charge on any atom is 0.433 e. The molecule has 4 aromatic rings. The third-order valence-corrected chi connectivity index (χ3v) is 4.55. The van der Waals surface area contributed by atoms with Crippen LogP contribution in [0.2, 0.25) is 0 Å². The van der Waals surface area contributed by atoms with Gasteiger partial charge in [0.1, 0.15) is 21.2 Å². The minimum Gasteiger partial charge on any atom is -0.399 e. The molecule has 4 rings (SSSR count). The molecule has 0 aromatic carbocycles. The largest absolute Gasteiger partial charge is 0.433 e. The second-order valence-corrected chi connectivity index (χ2v) is 6.58. The van der Waals surface area contributed by atoms with Gasteiger partial charge < -0.3 is 8.83 Å². The molecule has 34 heavy (non-hydrogen) atoms. The molecule has 0 radical (unpaired) electrons. The predicted octanol–water partition coefficient (Wildman–Crippen LogP) is 3.77. The lowest BCUT2D eigenvalue weighted by molar-refractivity contribution is -0.402. The molecular weight excluding hydrogens is 452 g/mol. The van der Waals surface area contributed by atoms with Crippen molar-refractivity contribution in [3.05, 3.63) is 68.0 Å². The molecule has 0 aliphatic heterocycles. The summed E-state index contributed by atoms with van der Waals surface area (Å²) in [6, 6.07) is 5.35. The number of nitrogens with zero attached hydrogens (tertiary/aromatic N) is 6. The molecule has 176 valence electrons. The van der Waals surface area contributed by atoms with Gasteiger partial charge >= 0.3 is 11.8 Å². The minimum absolute atomic E-state index is 0.214. The average Bonchev–Trinajstić information content (AvgIpc) is 3.62. The monoisotopic (exact) mass is 470 g/mol. The fourth-order valence-electron chi connectivity index (χ4n) is 2.98. The molecule has 0 atom stereocenters. The van der Waals surface area contributed by atoms with Crippen LogP contribution >= 0.6 is 0 Å². The Morgan fingerprint density at radius 2 is 1.50 bits per heavy atom. The first kappa shape index (κ1) is 23.8. The fourth-order valence-corrected chi connectivity index (χ4v) is 2.98. The van der Waals surface area contributed by atoms with Gasteiger partial charge in [-0.2, -0.15) is 10.2 Å². The molecule has 0 aliphatic carbocycles. The highest BCUT2D eigenvalue weighted by Crippen LogP contribution is 2.28. The molecule has 0 bridgehead atoms. The van der Waals surface area contributed by atoms with Crippen molar-refractivity contribution in [2.75, 3.05) is 0 Å². The van der Waals surface area contributed by atoms with Crippen molar-refractivity contribution in [1.82, 2.24) is 19.6 Å². The summed E-state index contributed by atoms with van der Waals surface area (Å²) in [6.45, 7) is 4.86. The summed E-state index contributed by atoms with van der Waals surface area (Å²) in [4.78, 5) is 41.4. The molecule has 4 aromatic heterocycles. The van der Waals surface area contributed by atoms with Crippen LogP contribution in [0.5, 0.6) is 0 Å². The molecule has 0 unspecified atom stereocenters. The zero-order chi connectivity index (χ0) is 24.8. The van der Waals surface area contributed by atoms with E-state index in [1.54, 1.807) is 15.6 Å². The number of aldehydes is 2. The van der Waals surface area contributed by atoms with E-state index in [4.69, 9.17) is 8.83 Å². The molecule has 0 N–H and O–H groups in total. The number of nitro groups is 2. The third-order valence-electron chi connectivity index (χ3n) is 4.55. The normalized spacial score (nSPS) is 10.4. The number of carbonyl (C=O) groups is 2. The zero-order valence-electron chi connectivity index (χ0n) is 18.0. The minimum atomic E-state index is -0.638. The maximum atomic E-state index is 10.8. The fraction of sp³-hybridized carbons (Fsp3) is 0.200. The summed E-state index contributed by atoms with van der Waals surface area (Å²) in [5.74, 6) is -0.257. The summed E-state index contributed by atoms with van der Waals surface area (Å²) in [5, 5.41) is 29.1. The predicted molar refractivity (Wildman–Crippen MR) is 115 cm³/mol. The average molecular weight is 470 g/mol. The number of aryl methyl sites for hydroxylation is 2. The first-order chi connectivity index (χ1) is 16.3. The van der Waals surface area contributed by atoms with E-state index in [0.29, 0.717) is 48.2 Å². The van der Waals surface area contributed by atoms with Crippen LogP contribution < -0.4 is 0 Å². The Bertz CT molecular complexity index is 1340. The Morgan fingerprint density at radius 1 is 0.912 bits per heavy atom. The van der Waals surface area contributed by atoms with E-state index in [2.05, 4.69) is 10.2 Å². The highest BCUT2D eigenvalue weighted by Gasteiger charge is 2.20. The van der Waals surface area contributed by atoms with Crippen LogP contribution in [0.1, 0.15) is 34.6 Å². The SMILES string of the molecule is CCn1cc(C=O)c(-c2ccc([N+](=O)[O-])o2)n1.CCn1ncc(C=O)c1-c1ccc([N+](=O)[O-])o1. The van der Waals surface area contributed by atoms with Crippen LogP contribution in [0, 0.1) is 20.2 Å². The summed E-state index contributed by atoms with van der Waals surface area (Å²) in [7, 11) is 0. The van der Waals surface area contributed by atoms with Gasteiger partial charge in [-0.05, 0) is 26.0 Å². The second kappa shape index (κ2) is 10.2. The molecular formula is C20H18N6O8.